The lowest BCUT2D eigenvalue weighted by molar-refractivity contribution is -0.0640. The second-order valence-electron chi connectivity index (χ2n) is 5.93. The van der Waals surface area contributed by atoms with Gasteiger partial charge >= 0.3 is 0 Å². The average molecular weight is 262 g/mol. The molecule has 0 amide bonds. The van der Waals surface area contributed by atoms with Crippen LogP contribution in [0.4, 0.5) is 8.78 Å². The predicted molar refractivity (Wildman–Crippen MR) is 65.7 cm³/mol. The first-order valence-electron chi connectivity index (χ1n) is 7.23. The summed E-state index contributed by atoms with van der Waals surface area (Å²) in [5, 5.41) is 10.00. The maximum absolute atomic E-state index is 13.3. The molecule has 0 aromatic rings. The molecule has 18 heavy (non-hydrogen) atoms. The second kappa shape index (κ2) is 6.29. The first-order valence-corrected chi connectivity index (χ1v) is 7.23. The summed E-state index contributed by atoms with van der Waals surface area (Å²) in [7, 11) is 0. The molecule has 0 aromatic heterocycles. The van der Waals surface area contributed by atoms with Crippen molar-refractivity contribution in [2.24, 2.45) is 5.92 Å². The highest BCUT2D eigenvalue weighted by atomic mass is 19.3. The quantitative estimate of drug-likeness (QED) is 0.840. The maximum atomic E-state index is 13.3. The Morgan fingerprint density at radius 1 is 1.17 bits per heavy atom. The molecule has 3 unspecified atom stereocenters. The summed E-state index contributed by atoms with van der Waals surface area (Å²) >= 11 is 0. The zero-order chi connectivity index (χ0) is 13.0. The van der Waals surface area contributed by atoms with Crippen molar-refractivity contribution in [1.82, 2.24) is 0 Å². The highest BCUT2D eigenvalue weighted by Crippen LogP contribution is 2.38. The highest BCUT2D eigenvalue weighted by molar-refractivity contribution is 4.81. The van der Waals surface area contributed by atoms with Gasteiger partial charge in [0.15, 0.2) is 0 Å². The van der Waals surface area contributed by atoms with Crippen molar-refractivity contribution in [2.45, 2.75) is 75.9 Å². The van der Waals surface area contributed by atoms with E-state index in [2.05, 4.69) is 0 Å². The van der Waals surface area contributed by atoms with E-state index in [1.54, 1.807) is 0 Å². The number of aliphatic hydroxyl groups is 1. The standard InChI is InChI=1S/C14H24F2O2/c15-14(16)6-3-4-11(10-14)8-12(17)9-13-5-1-2-7-18-13/h11-13,17H,1-10H2. The van der Waals surface area contributed by atoms with E-state index in [-0.39, 0.29) is 24.9 Å². The van der Waals surface area contributed by atoms with Gasteiger partial charge in [-0.15, -0.1) is 0 Å². The Morgan fingerprint density at radius 2 is 2.00 bits per heavy atom. The second-order valence-corrected chi connectivity index (χ2v) is 5.93. The van der Waals surface area contributed by atoms with Crippen LogP contribution in [0.15, 0.2) is 0 Å². The molecule has 1 heterocycles. The predicted octanol–water partition coefficient (Wildman–Crippen LogP) is 3.52. The van der Waals surface area contributed by atoms with E-state index in [0.717, 1.165) is 32.3 Å². The smallest absolute Gasteiger partial charge is 0.248 e. The van der Waals surface area contributed by atoms with Crippen molar-refractivity contribution in [1.29, 1.82) is 0 Å². The van der Waals surface area contributed by atoms with Gasteiger partial charge in [0.25, 0.3) is 0 Å². The minimum atomic E-state index is -2.51. The first kappa shape index (κ1) is 14.2. The third-order valence-electron chi connectivity index (χ3n) is 4.16. The molecular weight excluding hydrogens is 238 g/mol. The van der Waals surface area contributed by atoms with E-state index in [0.29, 0.717) is 19.3 Å². The monoisotopic (exact) mass is 262 g/mol. The van der Waals surface area contributed by atoms with Crippen LogP contribution in [0.5, 0.6) is 0 Å². The molecule has 2 nitrogen and oxygen atoms in total. The van der Waals surface area contributed by atoms with Gasteiger partial charge in [-0.2, -0.15) is 0 Å². The van der Waals surface area contributed by atoms with Gasteiger partial charge in [-0.3, -0.25) is 0 Å². The fourth-order valence-electron chi connectivity index (χ4n) is 3.25. The zero-order valence-electron chi connectivity index (χ0n) is 10.9. The average Bonchev–Trinajstić information content (AvgIpc) is 2.28. The van der Waals surface area contributed by atoms with Crippen LogP contribution in [-0.4, -0.2) is 29.8 Å². The van der Waals surface area contributed by atoms with Crippen molar-refractivity contribution in [3.8, 4) is 0 Å². The van der Waals surface area contributed by atoms with Gasteiger partial charge in [0, 0.05) is 19.4 Å². The van der Waals surface area contributed by atoms with Crippen LogP contribution in [0, 0.1) is 5.92 Å². The molecular formula is C14H24F2O2. The summed E-state index contributed by atoms with van der Waals surface area (Å²) in [6, 6.07) is 0. The molecule has 1 saturated carbocycles. The van der Waals surface area contributed by atoms with Gasteiger partial charge in [-0.1, -0.05) is 0 Å². The summed E-state index contributed by atoms with van der Waals surface area (Å²) in [6.07, 6.45) is 5.42. The van der Waals surface area contributed by atoms with E-state index in [4.69, 9.17) is 4.74 Å². The topological polar surface area (TPSA) is 29.5 Å². The van der Waals surface area contributed by atoms with Crippen molar-refractivity contribution >= 4 is 0 Å². The molecule has 1 aliphatic carbocycles. The Kier molecular flexibility index (Phi) is 4.96. The minimum Gasteiger partial charge on any atom is -0.393 e. The summed E-state index contributed by atoms with van der Waals surface area (Å²) in [4.78, 5) is 0. The van der Waals surface area contributed by atoms with Crippen molar-refractivity contribution in [2.75, 3.05) is 6.61 Å². The van der Waals surface area contributed by atoms with Crippen LogP contribution in [-0.2, 0) is 4.74 Å². The molecule has 0 radical (unpaired) electrons. The third kappa shape index (κ3) is 4.47. The maximum Gasteiger partial charge on any atom is 0.248 e. The van der Waals surface area contributed by atoms with E-state index in [1.165, 1.54) is 0 Å². The molecule has 0 aromatic carbocycles. The van der Waals surface area contributed by atoms with Crippen LogP contribution in [0.1, 0.15) is 57.8 Å². The molecule has 3 atom stereocenters. The van der Waals surface area contributed by atoms with Crippen molar-refractivity contribution in [3.05, 3.63) is 0 Å². The molecule has 4 heteroatoms. The molecule has 1 N–H and O–H groups in total. The molecule has 2 fully saturated rings. The molecule has 2 aliphatic rings. The number of aliphatic hydroxyl groups excluding tert-OH is 1. The normalized spacial score (nSPS) is 34.2. The van der Waals surface area contributed by atoms with Gasteiger partial charge in [0.1, 0.15) is 0 Å². The SMILES string of the molecule is OC(CC1CCCC(F)(F)C1)CC1CCCCO1. The van der Waals surface area contributed by atoms with Crippen LogP contribution in [0.2, 0.25) is 0 Å². The highest BCUT2D eigenvalue weighted by Gasteiger charge is 2.36. The van der Waals surface area contributed by atoms with Crippen LogP contribution in [0.3, 0.4) is 0 Å². The van der Waals surface area contributed by atoms with E-state index in [9.17, 15) is 13.9 Å². The Morgan fingerprint density at radius 3 is 2.67 bits per heavy atom. The lowest BCUT2D eigenvalue weighted by Gasteiger charge is -2.31. The summed E-state index contributed by atoms with van der Waals surface area (Å²) in [5.74, 6) is -2.53. The Hall–Kier alpha value is -0.220. The van der Waals surface area contributed by atoms with Gasteiger partial charge in [0.2, 0.25) is 5.92 Å². The van der Waals surface area contributed by atoms with Crippen LogP contribution >= 0.6 is 0 Å². The Bertz CT molecular complexity index is 252. The van der Waals surface area contributed by atoms with E-state index in [1.807, 2.05) is 0 Å². The molecule has 106 valence electrons. The number of alkyl halides is 2. The first-order chi connectivity index (χ1) is 8.55. The molecule has 2 rings (SSSR count). The minimum absolute atomic E-state index is 0.0192. The summed E-state index contributed by atoms with van der Waals surface area (Å²) in [5.41, 5.74) is 0. The lowest BCUT2D eigenvalue weighted by Crippen LogP contribution is -2.30. The van der Waals surface area contributed by atoms with Crippen LogP contribution in [0.25, 0.3) is 0 Å². The number of rotatable bonds is 4. The molecule has 0 bridgehead atoms. The summed E-state index contributed by atoms with van der Waals surface area (Å²) < 4.78 is 32.1. The lowest BCUT2D eigenvalue weighted by atomic mass is 9.82. The number of halogens is 2. The molecule has 0 spiro atoms. The van der Waals surface area contributed by atoms with Crippen LogP contribution < -0.4 is 0 Å². The van der Waals surface area contributed by atoms with Crippen molar-refractivity contribution in [3.63, 3.8) is 0 Å². The van der Waals surface area contributed by atoms with Crippen molar-refractivity contribution < 1.29 is 18.6 Å². The number of hydrogen-bond acceptors (Lipinski definition) is 2. The zero-order valence-corrected chi connectivity index (χ0v) is 10.9. The fraction of sp³-hybridized carbons (Fsp3) is 1.00. The largest absolute Gasteiger partial charge is 0.393 e. The van der Waals surface area contributed by atoms with E-state index >= 15 is 0 Å². The van der Waals surface area contributed by atoms with E-state index < -0.39 is 12.0 Å². The molecule has 1 aliphatic heterocycles. The number of ether oxygens (including phenoxy) is 1. The molecule has 1 saturated heterocycles. The van der Waals surface area contributed by atoms with Gasteiger partial charge < -0.3 is 9.84 Å². The summed E-state index contributed by atoms with van der Waals surface area (Å²) in [6.45, 7) is 0.777. The third-order valence-corrected chi connectivity index (χ3v) is 4.16. The van der Waals surface area contributed by atoms with Gasteiger partial charge in [-0.25, -0.2) is 8.78 Å². The fourth-order valence-corrected chi connectivity index (χ4v) is 3.25. The Labute approximate surface area is 108 Å². The van der Waals surface area contributed by atoms with Gasteiger partial charge in [0.05, 0.1) is 12.2 Å². The Balaban J connectivity index is 1.71. The van der Waals surface area contributed by atoms with Gasteiger partial charge in [-0.05, 0) is 50.9 Å². The number of hydrogen-bond donors (Lipinski definition) is 1.